The molecule has 4 amide bonds. The highest BCUT2D eigenvalue weighted by atomic mass is 79.9. The number of hydrogen-bond acceptors (Lipinski definition) is 5. The van der Waals surface area contributed by atoms with Gasteiger partial charge in [-0.15, -0.1) is 6.58 Å². The second-order valence-electron chi connectivity index (χ2n) is 8.62. The molecule has 0 radical (unpaired) electrons. The van der Waals surface area contributed by atoms with Crippen LogP contribution in [0.15, 0.2) is 71.2 Å². The Bertz CT molecular complexity index is 1540. The van der Waals surface area contributed by atoms with Crippen LogP contribution in [0.3, 0.4) is 0 Å². The van der Waals surface area contributed by atoms with E-state index in [0.717, 1.165) is 20.5 Å². The smallest absolute Gasteiger partial charge is 0.335 e. The third-order valence-corrected chi connectivity index (χ3v) is 7.41. The maximum Gasteiger partial charge on any atom is 0.335 e. The zero-order valence-corrected chi connectivity index (χ0v) is 24.1. The van der Waals surface area contributed by atoms with Crippen molar-refractivity contribution in [1.29, 1.82) is 0 Å². The van der Waals surface area contributed by atoms with Gasteiger partial charge in [0.15, 0.2) is 11.5 Å². The zero-order chi connectivity index (χ0) is 28.3. The van der Waals surface area contributed by atoms with Crippen LogP contribution in [0.4, 0.5) is 10.5 Å². The number of ether oxygens (including phenoxy) is 2. The maximum atomic E-state index is 13.4. The van der Waals surface area contributed by atoms with E-state index < -0.39 is 17.8 Å². The molecule has 0 atom stereocenters. The standard InChI is InChI=1S/C29H23BrCl2N2O5/c1-4-5-18-11-17(13-25(38-3)26(18)39-15-19-6-7-20(31)14-24(19)32)12-22-27(35)33-29(37)34(28(22)36)21-8-9-23(30)16(2)10-21/h4,6-14H,1,5,15H2,2-3H3,(H,33,35,37)/b22-12+. The number of nitrogens with zero attached hydrogens (tertiary/aromatic N) is 1. The van der Waals surface area contributed by atoms with Crippen LogP contribution in [-0.4, -0.2) is 25.0 Å². The molecule has 1 heterocycles. The number of barbiturate groups is 1. The van der Waals surface area contributed by atoms with E-state index >= 15 is 0 Å². The number of anilines is 1. The summed E-state index contributed by atoms with van der Waals surface area (Å²) in [5, 5.41) is 3.23. The highest BCUT2D eigenvalue weighted by Crippen LogP contribution is 2.36. The summed E-state index contributed by atoms with van der Waals surface area (Å²) in [6.45, 7) is 5.80. The minimum Gasteiger partial charge on any atom is -0.493 e. The molecule has 0 unspecified atom stereocenters. The van der Waals surface area contributed by atoms with Crippen molar-refractivity contribution in [2.24, 2.45) is 0 Å². The van der Waals surface area contributed by atoms with Gasteiger partial charge >= 0.3 is 6.03 Å². The molecule has 1 N–H and O–H groups in total. The van der Waals surface area contributed by atoms with E-state index in [-0.39, 0.29) is 12.2 Å². The number of halogens is 3. The topological polar surface area (TPSA) is 84.9 Å². The van der Waals surface area contributed by atoms with Gasteiger partial charge in [-0.3, -0.25) is 14.9 Å². The monoisotopic (exact) mass is 628 g/mol. The minimum absolute atomic E-state index is 0.154. The number of aryl methyl sites for hydroxylation is 1. The van der Waals surface area contributed by atoms with E-state index in [1.807, 2.05) is 6.92 Å². The fraction of sp³-hybridized carbons (Fsp3) is 0.138. The van der Waals surface area contributed by atoms with E-state index in [0.29, 0.717) is 44.8 Å². The van der Waals surface area contributed by atoms with E-state index in [9.17, 15) is 14.4 Å². The molecule has 4 rings (SSSR count). The summed E-state index contributed by atoms with van der Waals surface area (Å²) >= 11 is 15.7. The number of imide groups is 2. The molecule has 200 valence electrons. The Kier molecular flexibility index (Phi) is 8.80. The summed E-state index contributed by atoms with van der Waals surface area (Å²) in [7, 11) is 1.49. The van der Waals surface area contributed by atoms with E-state index in [4.69, 9.17) is 32.7 Å². The number of methoxy groups -OCH3 is 1. The maximum absolute atomic E-state index is 13.4. The molecule has 0 spiro atoms. The molecular formula is C29H23BrCl2N2O5. The van der Waals surface area contributed by atoms with Crippen LogP contribution in [0.2, 0.25) is 10.0 Å². The second kappa shape index (κ2) is 12.1. The molecule has 10 heteroatoms. The Morgan fingerprint density at radius 1 is 1.05 bits per heavy atom. The Hall–Kier alpha value is -3.59. The molecule has 0 saturated carbocycles. The van der Waals surface area contributed by atoms with Crippen molar-refractivity contribution in [2.75, 3.05) is 12.0 Å². The molecule has 1 aliphatic rings. The van der Waals surface area contributed by atoms with Crippen molar-refractivity contribution in [3.8, 4) is 11.5 Å². The summed E-state index contributed by atoms with van der Waals surface area (Å²) in [6.07, 6.45) is 3.53. The van der Waals surface area contributed by atoms with Gasteiger partial charge in [-0.2, -0.15) is 0 Å². The van der Waals surface area contributed by atoms with Crippen molar-refractivity contribution in [2.45, 2.75) is 20.0 Å². The Labute approximate surface area is 244 Å². The molecule has 0 aliphatic carbocycles. The molecule has 1 saturated heterocycles. The van der Waals surface area contributed by atoms with Gasteiger partial charge in [0.05, 0.1) is 12.8 Å². The van der Waals surface area contributed by atoms with E-state index in [1.165, 1.54) is 13.2 Å². The number of carbonyl (C=O) groups excluding carboxylic acids is 3. The van der Waals surface area contributed by atoms with Crippen molar-refractivity contribution >= 4 is 68.7 Å². The number of urea groups is 1. The van der Waals surface area contributed by atoms with Crippen molar-refractivity contribution in [3.05, 3.63) is 104 Å². The number of carbonyl (C=O) groups is 3. The first kappa shape index (κ1) is 28.4. The average molecular weight is 630 g/mol. The van der Waals surface area contributed by atoms with Gasteiger partial charge in [0.2, 0.25) is 0 Å². The van der Waals surface area contributed by atoms with Crippen LogP contribution in [-0.2, 0) is 22.6 Å². The summed E-state index contributed by atoms with van der Waals surface area (Å²) in [6, 6.07) is 12.7. The van der Waals surface area contributed by atoms with Gasteiger partial charge < -0.3 is 9.47 Å². The molecule has 3 aromatic carbocycles. The lowest BCUT2D eigenvalue weighted by Gasteiger charge is -2.27. The molecule has 1 fully saturated rings. The normalized spacial score (nSPS) is 14.4. The van der Waals surface area contributed by atoms with Crippen molar-refractivity contribution in [1.82, 2.24) is 5.32 Å². The number of hydrogen-bond donors (Lipinski definition) is 1. The van der Waals surface area contributed by atoms with Gasteiger partial charge in [-0.25, -0.2) is 9.69 Å². The highest BCUT2D eigenvalue weighted by Gasteiger charge is 2.37. The van der Waals surface area contributed by atoms with Crippen LogP contribution >= 0.6 is 39.1 Å². The highest BCUT2D eigenvalue weighted by molar-refractivity contribution is 9.10. The molecular weight excluding hydrogens is 607 g/mol. The summed E-state index contributed by atoms with van der Waals surface area (Å²) < 4.78 is 12.5. The predicted molar refractivity (Wildman–Crippen MR) is 156 cm³/mol. The van der Waals surface area contributed by atoms with Crippen molar-refractivity contribution in [3.63, 3.8) is 0 Å². The van der Waals surface area contributed by atoms with Crippen molar-refractivity contribution < 1.29 is 23.9 Å². The fourth-order valence-electron chi connectivity index (χ4n) is 4.00. The van der Waals surface area contributed by atoms with Gasteiger partial charge in [0.25, 0.3) is 11.8 Å². The Morgan fingerprint density at radius 2 is 1.82 bits per heavy atom. The number of rotatable bonds is 8. The average Bonchev–Trinajstić information content (AvgIpc) is 2.88. The molecule has 0 bridgehead atoms. The van der Waals surface area contributed by atoms with Gasteiger partial charge in [0.1, 0.15) is 12.2 Å². The van der Waals surface area contributed by atoms with Gasteiger partial charge in [-0.1, -0.05) is 51.3 Å². The third-order valence-electron chi connectivity index (χ3n) is 5.94. The third kappa shape index (κ3) is 6.19. The first-order chi connectivity index (χ1) is 18.6. The number of amides is 4. The molecule has 39 heavy (non-hydrogen) atoms. The summed E-state index contributed by atoms with van der Waals surface area (Å²) in [5.74, 6) is -0.692. The Morgan fingerprint density at radius 3 is 2.49 bits per heavy atom. The SMILES string of the molecule is C=CCc1cc(/C=C2\C(=O)NC(=O)N(c3ccc(Br)c(C)c3)C2=O)cc(OC)c1OCc1ccc(Cl)cc1Cl. The molecule has 1 aliphatic heterocycles. The minimum atomic E-state index is -0.821. The summed E-state index contributed by atoms with van der Waals surface area (Å²) in [4.78, 5) is 39.6. The second-order valence-corrected chi connectivity index (χ2v) is 10.3. The largest absolute Gasteiger partial charge is 0.493 e. The lowest BCUT2D eigenvalue weighted by atomic mass is 10.0. The quantitative estimate of drug-likeness (QED) is 0.164. The van der Waals surface area contributed by atoms with E-state index in [2.05, 4.69) is 27.8 Å². The van der Waals surface area contributed by atoms with Gasteiger partial charge in [-0.05, 0) is 73.0 Å². The van der Waals surface area contributed by atoms with Crippen LogP contribution < -0.4 is 19.7 Å². The van der Waals surface area contributed by atoms with Gasteiger partial charge in [0, 0.05) is 25.6 Å². The Balaban J connectivity index is 1.70. The fourth-order valence-corrected chi connectivity index (χ4v) is 4.71. The molecule has 3 aromatic rings. The first-order valence-electron chi connectivity index (χ1n) is 11.7. The number of allylic oxidation sites excluding steroid dienone is 1. The first-order valence-corrected chi connectivity index (χ1v) is 13.2. The lowest BCUT2D eigenvalue weighted by Crippen LogP contribution is -2.54. The zero-order valence-electron chi connectivity index (χ0n) is 21.0. The van der Waals surface area contributed by atoms with E-state index in [1.54, 1.807) is 54.6 Å². The van der Waals surface area contributed by atoms with Crippen LogP contribution in [0.1, 0.15) is 22.3 Å². The van der Waals surface area contributed by atoms with Crippen LogP contribution in [0, 0.1) is 6.92 Å². The molecule has 7 nitrogen and oxygen atoms in total. The number of nitrogens with one attached hydrogen (secondary N) is 1. The lowest BCUT2D eigenvalue weighted by molar-refractivity contribution is -0.122. The van der Waals surface area contributed by atoms with Crippen LogP contribution in [0.25, 0.3) is 6.08 Å². The summed E-state index contributed by atoms with van der Waals surface area (Å²) in [5.41, 5.74) is 2.90. The van der Waals surface area contributed by atoms with Crippen LogP contribution in [0.5, 0.6) is 11.5 Å². The predicted octanol–water partition coefficient (Wildman–Crippen LogP) is 7.05. The molecule has 0 aromatic heterocycles. The number of benzene rings is 3.